The molecule has 1 fully saturated rings. The van der Waals surface area contributed by atoms with Crippen molar-refractivity contribution in [1.29, 1.82) is 0 Å². The highest BCUT2D eigenvalue weighted by Crippen LogP contribution is 2.40. The number of pyridine rings is 1. The van der Waals surface area contributed by atoms with E-state index in [9.17, 15) is 4.79 Å². The molecular formula is C15H19N3O3. The number of aliphatic hydroxyl groups is 1. The van der Waals surface area contributed by atoms with Crippen LogP contribution in [0.15, 0.2) is 10.6 Å². The normalized spacial score (nSPS) is 14.6. The Morgan fingerprint density at radius 3 is 2.90 bits per heavy atom. The summed E-state index contributed by atoms with van der Waals surface area (Å²) in [7, 11) is 0. The first kappa shape index (κ1) is 14.0. The largest absolute Gasteiger partial charge is 0.395 e. The van der Waals surface area contributed by atoms with E-state index in [0.29, 0.717) is 41.4 Å². The fourth-order valence-corrected chi connectivity index (χ4v) is 2.56. The number of carbonyl (C=O) groups excluding carboxylic acids is 1. The summed E-state index contributed by atoms with van der Waals surface area (Å²) in [5, 5.41) is 13.7. The molecule has 112 valence electrons. The molecule has 6 heteroatoms. The predicted octanol–water partition coefficient (Wildman–Crippen LogP) is 1.86. The van der Waals surface area contributed by atoms with Crippen LogP contribution >= 0.6 is 0 Å². The summed E-state index contributed by atoms with van der Waals surface area (Å²) in [5.74, 6) is 0.325. The van der Waals surface area contributed by atoms with Gasteiger partial charge in [0.15, 0.2) is 0 Å². The summed E-state index contributed by atoms with van der Waals surface area (Å²) >= 11 is 0. The first-order chi connectivity index (χ1) is 10.2. The van der Waals surface area contributed by atoms with Crippen molar-refractivity contribution in [3.63, 3.8) is 0 Å². The zero-order chi connectivity index (χ0) is 15.0. The Morgan fingerprint density at radius 1 is 1.52 bits per heavy atom. The van der Waals surface area contributed by atoms with Crippen LogP contribution in [0, 0.1) is 6.92 Å². The maximum atomic E-state index is 12.7. The van der Waals surface area contributed by atoms with Gasteiger partial charge in [0, 0.05) is 24.7 Å². The number of aromatic nitrogens is 2. The van der Waals surface area contributed by atoms with Gasteiger partial charge in [-0.2, -0.15) is 0 Å². The number of nitrogens with zero attached hydrogens (tertiary/aromatic N) is 3. The van der Waals surface area contributed by atoms with Crippen LogP contribution in [-0.2, 0) is 0 Å². The second-order valence-electron chi connectivity index (χ2n) is 5.43. The maximum absolute atomic E-state index is 12.7. The van der Waals surface area contributed by atoms with Crippen molar-refractivity contribution < 1.29 is 14.4 Å². The molecule has 0 atom stereocenters. The van der Waals surface area contributed by atoms with Crippen LogP contribution in [0.25, 0.3) is 11.1 Å². The van der Waals surface area contributed by atoms with Gasteiger partial charge in [-0.3, -0.25) is 4.79 Å². The molecule has 21 heavy (non-hydrogen) atoms. The SMILES string of the molecule is CCN(CCO)C(=O)c1cc(C2CC2)nc2onc(C)c12. The molecule has 0 spiro atoms. The monoisotopic (exact) mass is 289 g/mol. The molecule has 1 amide bonds. The van der Waals surface area contributed by atoms with E-state index < -0.39 is 0 Å². The van der Waals surface area contributed by atoms with Gasteiger partial charge in [0.2, 0.25) is 0 Å². The minimum absolute atomic E-state index is 0.0497. The van der Waals surface area contributed by atoms with Crippen LogP contribution < -0.4 is 0 Å². The highest BCUT2D eigenvalue weighted by atomic mass is 16.5. The molecule has 0 aliphatic heterocycles. The fourth-order valence-electron chi connectivity index (χ4n) is 2.56. The van der Waals surface area contributed by atoms with Crippen molar-refractivity contribution >= 4 is 17.0 Å². The number of hydrogen-bond donors (Lipinski definition) is 1. The Morgan fingerprint density at radius 2 is 2.29 bits per heavy atom. The van der Waals surface area contributed by atoms with Crippen LogP contribution in [0.1, 0.15) is 47.4 Å². The molecule has 0 radical (unpaired) electrons. The first-order valence-electron chi connectivity index (χ1n) is 7.32. The van der Waals surface area contributed by atoms with Gasteiger partial charge in [-0.15, -0.1) is 0 Å². The van der Waals surface area contributed by atoms with Gasteiger partial charge in [-0.25, -0.2) is 4.98 Å². The van der Waals surface area contributed by atoms with Crippen molar-refractivity contribution in [2.45, 2.75) is 32.6 Å². The lowest BCUT2D eigenvalue weighted by atomic mass is 10.1. The molecule has 2 heterocycles. The lowest BCUT2D eigenvalue weighted by Gasteiger charge is -2.20. The lowest BCUT2D eigenvalue weighted by Crippen LogP contribution is -2.33. The smallest absolute Gasteiger partial charge is 0.259 e. The van der Waals surface area contributed by atoms with Gasteiger partial charge in [0.25, 0.3) is 11.6 Å². The van der Waals surface area contributed by atoms with Crippen LogP contribution in [0.3, 0.4) is 0 Å². The highest BCUT2D eigenvalue weighted by Gasteiger charge is 2.29. The second-order valence-corrected chi connectivity index (χ2v) is 5.43. The molecule has 6 nitrogen and oxygen atoms in total. The van der Waals surface area contributed by atoms with Crippen molar-refractivity contribution in [2.75, 3.05) is 19.7 Å². The van der Waals surface area contributed by atoms with E-state index in [1.807, 2.05) is 19.9 Å². The molecular weight excluding hydrogens is 270 g/mol. The number of hydrogen-bond acceptors (Lipinski definition) is 5. The molecule has 0 saturated heterocycles. The number of carbonyl (C=O) groups is 1. The van der Waals surface area contributed by atoms with Crippen molar-refractivity contribution in [3.05, 3.63) is 23.0 Å². The topological polar surface area (TPSA) is 79.5 Å². The van der Waals surface area contributed by atoms with E-state index >= 15 is 0 Å². The quantitative estimate of drug-likeness (QED) is 0.909. The van der Waals surface area contributed by atoms with Gasteiger partial charge in [0.05, 0.1) is 23.3 Å². The number of aryl methyl sites for hydroxylation is 1. The molecule has 2 aromatic rings. The molecule has 3 rings (SSSR count). The number of aliphatic hydroxyl groups excluding tert-OH is 1. The molecule has 2 aromatic heterocycles. The van der Waals surface area contributed by atoms with Gasteiger partial charge in [-0.1, -0.05) is 5.16 Å². The lowest BCUT2D eigenvalue weighted by molar-refractivity contribution is 0.0733. The third kappa shape index (κ3) is 2.51. The average Bonchev–Trinajstić information content (AvgIpc) is 3.28. The second kappa shape index (κ2) is 5.44. The van der Waals surface area contributed by atoms with Gasteiger partial charge < -0.3 is 14.5 Å². The molecule has 0 bridgehead atoms. The Labute approximate surface area is 122 Å². The van der Waals surface area contributed by atoms with E-state index in [0.717, 1.165) is 18.5 Å². The Kier molecular flexibility index (Phi) is 3.63. The number of amides is 1. The van der Waals surface area contributed by atoms with Gasteiger partial charge in [-0.05, 0) is 32.8 Å². The molecule has 0 aromatic carbocycles. The third-order valence-corrected chi connectivity index (χ3v) is 3.90. The van der Waals surface area contributed by atoms with E-state index in [1.165, 1.54) is 0 Å². The summed E-state index contributed by atoms with van der Waals surface area (Å²) in [6.07, 6.45) is 2.21. The molecule has 1 N–H and O–H groups in total. The van der Waals surface area contributed by atoms with E-state index in [-0.39, 0.29) is 12.5 Å². The zero-order valence-corrected chi connectivity index (χ0v) is 12.3. The van der Waals surface area contributed by atoms with Crippen LogP contribution in [0.5, 0.6) is 0 Å². The van der Waals surface area contributed by atoms with Crippen molar-refractivity contribution in [1.82, 2.24) is 15.0 Å². The minimum atomic E-state index is -0.104. The van der Waals surface area contributed by atoms with E-state index in [4.69, 9.17) is 9.63 Å². The van der Waals surface area contributed by atoms with Gasteiger partial charge in [0.1, 0.15) is 0 Å². The maximum Gasteiger partial charge on any atom is 0.259 e. The van der Waals surface area contributed by atoms with Crippen molar-refractivity contribution in [2.24, 2.45) is 0 Å². The average molecular weight is 289 g/mol. The summed E-state index contributed by atoms with van der Waals surface area (Å²) in [5.41, 5.74) is 2.58. The highest BCUT2D eigenvalue weighted by molar-refractivity contribution is 6.06. The standard InChI is InChI=1S/C15H19N3O3/c1-3-18(6-7-19)15(20)11-8-12(10-4-5-10)16-14-13(11)9(2)17-21-14/h8,10,19H,3-7H2,1-2H3. The molecule has 1 saturated carbocycles. The number of fused-ring (bicyclic) bond motifs is 1. The summed E-state index contributed by atoms with van der Waals surface area (Å²) < 4.78 is 5.25. The fraction of sp³-hybridized carbons (Fsp3) is 0.533. The predicted molar refractivity (Wildman–Crippen MR) is 77.2 cm³/mol. The molecule has 1 aliphatic rings. The minimum Gasteiger partial charge on any atom is -0.395 e. The van der Waals surface area contributed by atoms with Gasteiger partial charge >= 0.3 is 0 Å². The van der Waals surface area contributed by atoms with Crippen molar-refractivity contribution in [3.8, 4) is 0 Å². The Balaban J connectivity index is 2.10. The van der Waals surface area contributed by atoms with Crippen LogP contribution in [0.4, 0.5) is 0 Å². The summed E-state index contributed by atoms with van der Waals surface area (Å²) in [6.45, 7) is 4.53. The van der Waals surface area contributed by atoms with Crippen LogP contribution in [0.2, 0.25) is 0 Å². The zero-order valence-electron chi connectivity index (χ0n) is 12.3. The first-order valence-corrected chi connectivity index (χ1v) is 7.32. The van der Waals surface area contributed by atoms with E-state index in [2.05, 4.69) is 10.1 Å². The number of rotatable bonds is 5. The van der Waals surface area contributed by atoms with E-state index in [1.54, 1.807) is 4.90 Å². The Hall–Kier alpha value is -1.95. The Bertz CT molecular complexity index is 676. The third-order valence-electron chi connectivity index (χ3n) is 3.90. The molecule has 0 unspecified atom stereocenters. The summed E-state index contributed by atoms with van der Waals surface area (Å²) in [6, 6.07) is 1.87. The summed E-state index contributed by atoms with van der Waals surface area (Å²) in [4.78, 5) is 18.8. The van der Waals surface area contributed by atoms with Crippen LogP contribution in [-0.4, -0.2) is 45.8 Å². The number of likely N-dealkylation sites (N-methyl/N-ethyl adjacent to an activating group) is 1. The molecule has 1 aliphatic carbocycles.